The Morgan fingerprint density at radius 1 is 0.729 bits per heavy atom. The number of aromatic nitrogens is 3. The van der Waals surface area contributed by atoms with Crippen LogP contribution in [0.3, 0.4) is 0 Å². The molecule has 2 aliphatic carbocycles. The van der Waals surface area contributed by atoms with Crippen LogP contribution >= 0.6 is 11.8 Å². The van der Waals surface area contributed by atoms with Gasteiger partial charge in [-0.1, -0.05) is 134 Å². The van der Waals surface area contributed by atoms with E-state index in [1.165, 1.54) is 44.2 Å². The van der Waals surface area contributed by atoms with Gasteiger partial charge < -0.3 is 4.57 Å². The topological polar surface area (TPSA) is 30.7 Å². The second-order valence-electron chi connectivity index (χ2n) is 13.0. The Morgan fingerprint density at radius 2 is 1.48 bits per heavy atom. The summed E-state index contributed by atoms with van der Waals surface area (Å²) in [7, 11) is 0. The first-order valence-electron chi connectivity index (χ1n) is 16.8. The van der Waals surface area contributed by atoms with Crippen LogP contribution in [-0.2, 0) is 0 Å². The number of nitrogens with zero attached hydrogens (tertiary/aromatic N) is 3. The molecule has 0 radical (unpaired) electrons. The smallest absolute Gasteiger partial charge is 0.160 e. The predicted molar refractivity (Wildman–Crippen MR) is 203 cm³/mol. The summed E-state index contributed by atoms with van der Waals surface area (Å²) < 4.78 is 2.49. The van der Waals surface area contributed by atoms with E-state index in [0.29, 0.717) is 11.8 Å². The molecule has 0 N–H and O–H groups in total. The summed E-state index contributed by atoms with van der Waals surface area (Å²) in [6.45, 7) is 4.51. The van der Waals surface area contributed by atoms with E-state index in [9.17, 15) is 0 Å². The van der Waals surface area contributed by atoms with Crippen molar-refractivity contribution in [1.29, 1.82) is 0 Å². The van der Waals surface area contributed by atoms with Gasteiger partial charge >= 0.3 is 0 Å². The molecular formula is C44H35N3S. The first-order valence-corrected chi connectivity index (χ1v) is 17.8. The Labute approximate surface area is 285 Å². The summed E-state index contributed by atoms with van der Waals surface area (Å²) in [6, 6.07) is 32.9. The number of para-hydroxylation sites is 1. The molecule has 3 unspecified atom stereocenters. The zero-order chi connectivity index (χ0) is 32.2. The third-order valence-corrected chi connectivity index (χ3v) is 11.1. The van der Waals surface area contributed by atoms with Crippen molar-refractivity contribution in [3.8, 4) is 28.3 Å². The molecule has 4 aromatic carbocycles. The normalized spacial score (nSPS) is 21.0. The Hall–Kier alpha value is -5.19. The van der Waals surface area contributed by atoms with Crippen molar-refractivity contribution in [1.82, 2.24) is 14.5 Å². The standard InChI is InChI=1S/C44H35N3S/c1-28-12-4-3-11-25-48-43-40(28)45-44(33-20-19-30-13-5-6-14-32(30)27-33)46-41(43)31-21-23-34(24-22-31)47-39-18-10-9-16-36(39)38-26-29(2)35-15-7-8-17-37(35)42(38)47/h3-24,26-28,35,37H,25H2,1-2H3/b11-3-,12-4-. The van der Waals surface area contributed by atoms with Crippen molar-refractivity contribution in [2.75, 3.05) is 5.75 Å². The molecule has 1 aliphatic heterocycles. The van der Waals surface area contributed by atoms with Gasteiger partial charge in [-0.3, -0.25) is 0 Å². The molecule has 48 heavy (non-hydrogen) atoms. The van der Waals surface area contributed by atoms with Gasteiger partial charge in [0, 0.05) is 57.0 Å². The van der Waals surface area contributed by atoms with Gasteiger partial charge in [0.15, 0.2) is 5.82 Å². The molecule has 0 bridgehead atoms. The molecule has 4 heteroatoms. The van der Waals surface area contributed by atoms with Crippen molar-refractivity contribution >= 4 is 39.5 Å². The maximum Gasteiger partial charge on any atom is 0.160 e. The molecule has 6 aromatic rings. The number of rotatable bonds is 3. The molecule has 3 atom stereocenters. The summed E-state index contributed by atoms with van der Waals surface area (Å²) in [5.74, 6) is 2.46. The zero-order valence-corrected chi connectivity index (χ0v) is 27.9. The highest BCUT2D eigenvalue weighted by Gasteiger charge is 2.33. The van der Waals surface area contributed by atoms with Crippen LogP contribution in [0.2, 0.25) is 0 Å². The highest BCUT2D eigenvalue weighted by molar-refractivity contribution is 7.99. The van der Waals surface area contributed by atoms with Crippen molar-refractivity contribution < 1.29 is 0 Å². The fourth-order valence-corrected chi connectivity index (χ4v) is 8.65. The van der Waals surface area contributed by atoms with Crippen molar-refractivity contribution in [2.45, 2.75) is 30.6 Å². The van der Waals surface area contributed by atoms with Crippen LogP contribution in [-0.4, -0.2) is 20.3 Å². The number of hydrogen-bond donors (Lipinski definition) is 0. The van der Waals surface area contributed by atoms with Crippen LogP contribution < -0.4 is 0 Å². The fourth-order valence-electron chi connectivity index (χ4n) is 7.60. The molecule has 9 rings (SSSR count). The lowest BCUT2D eigenvalue weighted by atomic mass is 9.76. The molecule has 0 spiro atoms. The Bertz CT molecular complexity index is 2380. The van der Waals surface area contributed by atoms with Crippen molar-refractivity contribution in [2.24, 2.45) is 5.92 Å². The number of allylic oxidation sites excluding steroid dienone is 8. The minimum atomic E-state index is 0.148. The van der Waals surface area contributed by atoms with Crippen molar-refractivity contribution in [3.05, 3.63) is 162 Å². The Kier molecular flexibility index (Phi) is 7.13. The third-order valence-electron chi connectivity index (χ3n) is 10.0. The van der Waals surface area contributed by atoms with E-state index in [-0.39, 0.29) is 5.92 Å². The van der Waals surface area contributed by atoms with E-state index in [1.807, 2.05) is 11.8 Å². The number of fused-ring (bicyclic) bond motifs is 7. The number of thioether (sulfide) groups is 1. The zero-order valence-electron chi connectivity index (χ0n) is 27.0. The monoisotopic (exact) mass is 637 g/mol. The van der Waals surface area contributed by atoms with E-state index >= 15 is 0 Å². The number of hydrogen-bond acceptors (Lipinski definition) is 3. The molecular weight excluding hydrogens is 603 g/mol. The number of benzene rings is 4. The van der Waals surface area contributed by atoms with Gasteiger partial charge in [0.25, 0.3) is 0 Å². The Morgan fingerprint density at radius 3 is 2.35 bits per heavy atom. The first-order chi connectivity index (χ1) is 23.6. The SMILES string of the molecule is CC1=Cc2c(n(-c3ccc(-c4nc(-c5ccc6ccccc6c5)nc5c4SC/C=C\C=C/C5C)cc3)c3ccccc23)C2C=CC=CC12. The van der Waals surface area contributed by atoms with Gasteiger partial charge in [0.1, 0.15) is 0 Å². The maximum atomic E-state index is 5.33. The van der Waals surface area contributed by atoms with Crippen LogP contribution in [0.1, 0.15) is 42.6 Å². The molecule has 3 nitrogen and oxygen atoms in total. The summed E-state index contributed by atoms with van der Waals surface area (Å²) in [5, 5.41) is 3.71. The second-order valence-corrected chi connectivity index (χ2v) is 14.0. The molecule has 0 saturated carbocycles. The molecule has 0 saturated heterocycles. The molecule has 3 heterocycles. The highest BCUT2D eigenvalue weighted by atomic mass is 32.2. The average molecular weight is 638 g/mol. The molecule has 232 valence electrons. The molecule has 2 aromatic heterocycles. The van der Waals surface area contributed by atoms with E-state index in [4.69, 9.17) is 9.97 Å². The lowest BCUT2D eigenvalue weighted by molar-refractivity contribution is 0.629. The van der Waals surface area contributed by atoms with Gasteiger partial charge in [-0.25, -0.2) is 9.97 Å². The van der Waals surface area contributed by atoms with Gasteiger partial charge in [0.2, 0.25) is 0 Å². The Balaban J connectivity index is 1.21. The predicted octanol–water partition coefficient (Wildman–Crippen LogP) is 11.5. The van der Waals surface area contributed by atoms with E-state index in [1.54, 1.807) is 0 Å². The fraction of sp³-hybridized carbons (Fsp3) is 0.136. The average Bonchev–Trinajstić information content (AvgIpc) is 3.50. The summed E-state index contributed by atoms with van der Waals surface area (Å²) in [5.41, 5.74) is 10.7. The minimum Gasteiger partial charge on any atom is -0.312 e. The largest absolute Gasteiger partial charge is 0.312 e. The van der Waals surface area contributed by atoms with Crippen molar-refractivity contribution in [3.63, 3.8) is 0 Å². The van der Waals surface area contributed by atoms with E-state index in [0.717, 1.165) is 39.0 Å². The van der Waals surface area contributed by atoms with Gasteiger partial charge in [-0.05, 0) is 42.0 Å². The molecule has 3 aliphatic rings. The van der Waals surface area contributed by atoms with E-state index < -0.39 is 0 Å². The quantitative estimate of drug-likeness (QED) is 0.193. The van der Waals surface area contributed by atoms with Crippen LogP contribution in [0.15, 0.2) is 150 Å². The minimum absolute atomic E-state index is 0.148. The van der Waals surface area contributed by atoms with Gasteiger partial charge in [-0.2, -0.15) is 0 Å². The van der Waals surface area contributed by atoms with Crippen LogP contribution in [0.4, 0.5) is 0 Å². The summed E-state index contributed by atoms with van der Waals surface area (Å²) in [6.07, 6.45) is 20.3. The lowest BCUT2D eigenvalue weighted by Gasteiger charge is -2.31. The van der Waals surface area contributed by atoms with Gasteiger partial charge in [0.05, 0.1) is 21.8 Å². The van der Waals surface area contributed by atoms with E-state index in [2.05, 4.69) is 164 Å². The lowest BCUT2D eigenvalue weighted by Crippen LogP contribution is -2.19. The maximum absolute atomic E-state index is 5.33. The summed E-state index contributed by atoms with van der Waals surface area (Å²) in [4.78, 5) is 11.7. The second kappa shape index (κ2) is 11.8. The van der Waals surface area contributed by atoms with Gasteiger partial charge in [-0.15, -0.1) is 11.8 Å². The first kappa shape index (κ1) is 29.0. The van der Waals surface area contributed by atoms with Crippen LogP contribution in [0.5, 0.6) is 0 Å². The van der Waals surface area contributed by atoms with Crippen LogP contribution in [0, 0.1) is 5.92 Å². The molecule has 0 amide bonds. The third kappa shape index (κ3) is 4.82. The van der Waals surface area contributed by atoms with Crippen LogP contribution in [0.25, 0.3) is 56.1 Å². The summed E-state index contributed by atoms with van der Waals surface area (Å²) >= 11 is 1.83. The highest BCUT2D eigenvalue weighted by Crippen LogP contribution is 2.47. The molecule has 0 fully saturated rings.